The third-order valence-corrected chi connectivity index (χ3v) is 3.31. The van der Waals surface area contributed by atoms with E-state index in [-0.39, 0.29) is 0 Å². The molecule has 1 N–H and O–H groups in total. The fraction of sp³-hybridized carbons (Fsp3) is 0.118. The van der Waals surface area contributed by atoms with Gasteiger partial charge >= 0.3 is 5.97 Å². The average molecular weight is 307 g/mol. The molecule has 3 aromatic rings. The lowest BCUT2D eigenvalue weighted by molar-refractivity contribution is -0.131. The van der Waals surface area contributed by atoms with Crippen molar-refractivity contribution in [3.8, 4) is 17.5 Å². The molecule has 6 heteroatoms. The zero-order valence-corrected chi connectivity index (χ0v) is 12.1. The van der Waals surface area contributed by atoms with Gasteiger partial charge in [-0.2, -0.15) is 10.4 Å². The molecule has 23 heavy (non-hydrogen) atoms. The smallest absolute Gasteiger partial charge is 0.328 e. The molecule has 0 amide bonds. The molecule has 0 unspecified atom stereocenters. The van der Waals surface area contributed by atoms with Gasteiger partial charge in [-0.25, -0.2) is 4.79 Å². The second-order valence-electron chi connectivity index (χ2n) is 4.92. The Balaban J connectivity index is 2.06. The lowest BCUT2D eigenvalue weighted by atomic mass is 10.2. The molecule has 0 aliphatic heterocycles. The molecule has 0 saturated carbocycles. The van der Waals surface area contributed by atoms with Crippen molar-refractivity contribution in [2.45, 2.75) is 13.0 Å². The second kappa shape index (κ2) is 6.20. The van der Waals surface area contributed by atoms with Crippen LogP contribution in [0.1, 0.15) is 12.0 Å². The number of carbonyl (C=O) groups is 1. The van der Waals surface area contributed by atoms with Gasteiger partial charge in [0, 0.05) is 23.2 Å². The van der Waals surface area contributed by atoms with E-state index in [0.717, 1.165) is 17.0 Å². The third kappa shape index (κ3) is 3.14. The number of aryl methyl sites for hydroxylation is 1. The highest BCUT2D eigenvalue weighted by Gasteiger charge is 2.14. The van der Waals surface area contributed by atoms with Crippen molar-refractivity contribution in [2.24, 2.45) is 0 Å². The summed E-state index contributed by atoms with van der Waals surface area (Å²) in [6.07, 6.45) is 4.56. The number of rotatable bonds is 5. The largest absolute Gasteiger partial charge is 0.478 e. The SMILES string of the molecule is N#CCCn1cc(/C=C/C(=O)O)c(-c2cc3ccccc3o2)n1. The van der Waals surface area contributed by atoms with Crippen molar-refractivity contribution in [3.05, 3.63) is 48.2 Å². The van der Waals surface area contributed by atoms with Crippen LogP contribution in [0, 0.1) is 11.3 Å². The van der Waals surface area contributed by atoms with Gasteiger partial charge in [0.2, 0.25) is 0 Å². The molecular weight excluding hydrogens is 294 g/mol. The maximum absolute atomic E-state index is 10.8. The number of carboxylic acids is 1. The molecule has 114 valence electrons. The summed E-state index contributed by atoms with van der Waals surface area (Å²) in [7, 11) is 0. The number of aliphatic carboxylic acids is 1. The normalized spacial score (nSPS) is 11.1. The highest BCUT2D eigenvalue weighted by atomic mass is 16.4. The summed E-state index contributed by atoms with van der Waals surface area (Å²) in [4.78, 5) is 10.8. The van der Waals surface area contributed by atoms with E-state index in [4.69, 9.17) is 14.8 Å². The van der Waals surface area contributed by atoms with Gasteiger partial charge in [-0.05, 0) is 18.2 Å². The standard InChI is InChI=1S/C17H13N3O3/c18-8-3-9-20-11-13(6-7-16(21)22)17(19-20)15-10-12-4-1-2-5-14(12)23-15/h1-2,4-7,10-11H,3,9H2,(H,21,22)/b7-6+. The summed E-state index contributed by atoms with van der Waals surface area (Å²) in [5.41, 5.74) is 1.92. The van der Waals surface area contributed by atoms with E-state index in [1.807, 2.05) is 30.3 Å². The number of hydrogen-bond donors (Lipinski definition) is 1. The minimum absolute atomic E-state index is 0.323. The Kier molecular flexibility index (Phi) is 3.93. The van der Waals surface area contributed by atoms with E-state index in [0.29, 0.717) is 30.0 Å². The molecule has 0 spiro atoms. The van der Waals surface area contributed by atoms with Crippen molar-refractivity contribution in [1.29, 1.82) is 5.26 Å². The summed E-state index contributed by atoms with van der Waals surface area (Å²) in [6, 6.07) is 11.5. The van der Waals surface area contributed by atoms with Gasteiger partial charge in [0.05, 0.1) is 19.0 Å². The fourth-order valence-electron chi connectivity index (χ4n) is 2.29. The van der Waals surface area contributed by atoms with Gasteiger partial charge in [-0.3, -0.25) is 4.68 Å². The van der Waals surface area contributed by atoms with Crippen LogP contribution in [0.4, 0.5) is 0 Å². The van der Waals surface area contributed by atoms with E-state index < -0.39 is 5.97 Å². The number of benzene rings is 1. The van der Waals surface area contributed by atoms with Gasteiger partial charge in [0.15, 0.2) is 5.76 Å². The summed E-state index contributed by atoms with van der Waals surface area (Å²) >= 11 is 0. The molecule has 1 aromatic carbocycles. The number of aromatic nitrogens is 2. The van der Waals surface area contributed by atoms with Crippen LogP contribution in [0.25, 0.3) is 28.5 Å². The first-order valence-electron chi connectivity index (χ1n) is 7.02. The monoisotopic (exact) mass is 307 g/mol. The predicted octanol–water partition coefficient (Wildman–Crippen LogP) is 3.31. The van der Waals surface area contributed by atoms with Crippen molar-refractivity contribution in [1.82, 2.24) is 9.78 Å². The van der Waals surface area contributed by atoms with E-state index in [1.54, 1.807) is 10.9 Å². The van der Waals surface area contributed by atoms with Crippen LogP contribution in [0.2, 0.25) is 0 Å². The van der Waals surface area contributed by atoms with Crippen LogP contribution in [0.5, 0.6) is 0 Å². The molecule has 0 aliphatic rings. The molecule has 0 bridgehead atoms. The van der Waals surface area contributed by atoms with Crippen molar-refractivity contribution in [2.75, 3.05) is 0 Å². The van der Waals surface area contributed by atoms with Crippen LogP contribution in [-0.4, -0.2) is 20.9 Å². The lowest BCUT2D eigenvalue weighted by Gasteiger charge is -1.94. The topological polar surface area (TPSA) is 92.0 Å². The summed E-state index contributed by atoms with van der Waals surface area (Å²) in [5, 5.41) is 22.9. The predicted molar refractivity (Wildman–Crippen MR) is 84.3 cm³/mol. The van der Waals surface area contributed by atoms with Crippen LogP contribution in [0.3, 0.4) is 0 Å². The van der Waals surface area contributed by atoms with Gasteiger partial charge < -0.3 is 9.52 Å². The number of furan rings is 1. The Hall–Kier alpha value is -3.33. The van der Waals surface area contributed by atoms with Crippen LogP contribution in [0.15, 0.2) is 47.0 Å². The maximum Gasteiger partial charge on any atom is 0.328 e. The summed E-state index contributed by atoms with van der Waals surface area (Å²) in [6.45, 7) is 0.435. The van der Waals surface area contributed by atoms with Gasteiger partial charge in [0.1, 0.15) is 11.3 Å². The third-order valence-electron chi connectivity index (χ3n) is 3.31. The number of carboxylic acid groups (broad SMARTS) is 1. The summed E-state index contributed by atoms with van der Waals surface area (Å²) < 4.78 is 7.42. The van der Waals surface area contributed by atoms with E-state index in [2.05, 4.69) is 11.2 Å². The van der Waals surface area contributed by atoms with Crippen molar-refractivity contribution in [3.63, 3.8) is 0 Å². The first-order chi connectivity index (χ1) is 11.2. The van der Waals surface area contributed by atoms with Crippen molar-refractivity contribution < 1.29 is 14.3 Å². The molecule has 2 aromatic heterocycles. The number of fused-ring (bicyclic) bond motifs is 1. The molecule has 0 radical (unpaired) electrons. The molecule has 0 atom stereocenters. The quantitative estimate of drug-likeness (QED) is 0.730. The zero-order chi connectivity index (χ0) is 16.2. The molecule has 0 saturated heterocycles. The molecule has 6 nitrogen and oxygen atoms in total. The van der Waals surface area contributed by atoms with Gasteiger partial charge in [0.25, 0.3) is 0 Å². The average Bonchev–Trinajstić information content (AvgIpc) is 3.14. The van der Waals surface area contributed by atoms with Gasteiger partial charge in [-0.15, -0.1) is 0 Å². The molecule has 0 fully saturated rings. The van der Waals surface area contributed by atoms with Crippen LogP contribution < -0.4 is 0 Å². The molecule has 0 aliphatic carbocycles. The fourth-order valence-corrected chi connectivity index (χ4v) is 2.29. The highest BCUT2D eigenvalue weighted by molar-refractivity contribution is 5.88. The van der Waals surface area contributed by atoms with E-state index >= 15 is 0 Å². The molecule has 3 rings (SSSR count). The van der Waals surface area contributed by atoms with E-state index in [1.165, 1.54) is 6.08 Å². The Morgan fingerprint density at radius 2 is 2.26 bits per heavy atom. The Morgan fingerprint density at radius 1 is 1.43 bits per heavy atom. The van der Waals surface area contributed by atoms with E-state index in [9.17, 15) is 4.79 Å². The minimum Gasteiger partial charge on any atom is -0.478 e. The Morgan fingerprint density at radius 3 is 3.00 bits per heavy atom. The lowest BCUT2D eigenvalue weighted by Crippen LogP contribution is -1.97. The molecule has 2 heterocycles. The Bertz CT molecular complexity index is 895. The Labute approximate surface area is 131 Å². The zero-order valence-electron chi connectivity index (χ0n) is 12.1. The first-order valence-corrected chi connectivity index (χ1v) is 7.02. The number of nitrogens with zero attached hydrogens (tertiary/aromatic N) is 3. The first kappa shape index (κ1) is 14.6. The minimum atomic E-state index is -1.04. The maximum atomic E-state index is 10.8. The van der Waals surface area contributed by atoms with Crippen LogP contribution >= 0.6 is 0 Å². The second-order valence-corrected chi connectivity index (χ2v) is 4.92. The number of nitriles is 1. The van der Waals surface area contributed by atoms with Crippen LogP contribution in [-0.2, 0) is 11.3 Å². The highest BCUT2D eigenvalue weighted by Crippen LogP contribution is 2.29. The molecular formula is C17H13N3O3. The summed E-state index contributed by atoms with van der Waals surface area (Å²) in [5.74, 6) is -0.475. The number of para-hydroxylation sites is 1. The van der Waals surface area contributed by atoms with Gasteiger partial charge in [-0.1, -0.05) is 18.2 Å². The number of hydrogen-bond acceptors (Lipinski definition) is 4. The van der Waals surface area contributed by atoms with Crippen molar-refractivity contribution >= 4 is 23.0 Å².